The predicted octanol–water partition coefficient (Wildman–Crippen LogP) is 23.5. The zero-order valence-electron chi connectivity index (χ0n) is 80.6. The van der Waals surface area contributed by atoms with Gasteiger partial charge in [0.1, 0.15) is 11.6 Å². The Morgan fingerprint density at radius 2 is 0.894 bits per heavy atom. The Balaban J connectivity index is 0.000000136. The highest BCUT2D eigenvalue weighted by atomic mass is 35.5. The molecule has 0 saturated heterocycles. The van der Waals surface area contributed by atoms with Crippen LogP contribution in [0, 0.1) is 31.6 Å². The van der Waals surface area contributed by atoms with Gasteiger partial charge < -0.3 is 29.3 Å². The zero-order chi connectivity index (χ0) is 99.1. The number of ketones is 4. The minimum Gasteiger partial charge on any atom is -0.481 e. The molecule has 5 amide bonds. The van der Waals surface area contributed by atoms with Crippen molar-refractivity contribution in [2.45, 2.75) is 155 Å². The lowest BCUT2D eigenvalue weighted by atomic mass is 9.90. The maximum absolute atomic E-state index is 13.7. The van der Waals surface area contributed by atoms with Gasteiger partial charge in [0.15, 0.2) is 11.6 Å². The number of nitrogens with one attached hydrogen (secondary N) is 1. The molecule has 0 spiro atoms. The number of H-pyrrole nitrogens is 1. The molecular formula is C118H115Cl4N9O10. The fourth-order valence-electron chi connectivity index (χ4n) is 20.3. The van der Waals surface area contributed by atoms with E-state index in [1.165, 1.54) is 44.5 Å². The lowest BCUT2D eigenvalue weighted by Gasteiger charge is -2.28. The summed E-state index contributed by atoms with van der Waals surface area (Å²) in [5, 5.41) is 6.94. The van der Waals surface area contributed by atoms with Gasteiger partial charge in [0.2, 0.25) is 29.2 Å². The van der Waals surface area contributed by atoms with E-state index >= 15 is 0 Å². The molecule has 3 aromatic heterocycles. The van der Waals surface area contributed by atoms with Crippen molar-refractivity contribution in [1.29, 1.82) is 0 Å². The fourth-order valence-corrected chi connectivity index (χ4v) is 20.8. The average Bonchev–Trinajstić information content (AvgIpc) is 1.65. The summed E-state index contributed by atoms with van der Waals surface area (Å²) in [6, 6.07) is 77.5. The van der Waals surface area contributed by atoms with Crippen molar-refractivity contribution >= 4 is 139 Å². The molecule has 141 heavy (non-hydrogen) atoms. The number of ether oxygens (including phenoxy) is 1. The number of benzene rings is 9. The summed E-state index contributed by atoms with van der Waals surface area (Å²) >= 11 is 24.1. The SMILES string of the molecule is CN(C(=O)[C@H]1CC(=O)CC2=C(CCCc3cccc(c3)C1)Cc1ccc(=O)[nH]c12)c1ccc(Cl)cc1.COc1ccc2c(n1)C1=C(C=CCc3cccc(c3)C[C@@H](C(=O)N(C)c3ccc(Cl)cc3)CC(=O)C1)C2.Cc1cc2cc(c1)CN(C(=O)N(C)c1ccc(Cl)cc1)CC(=O)CC1=C(CCC2)Cc2ccccc21.Cc1cc2n(n1)CC(=O)C[C@H](C(=O)N(C)c1ccc(Cl)cc1)Cc1cccc(c1)C=CC2. The first kappa shape index (κ1) is 100. The van der Waals surface area contributed by atoms with E-state index in [4.69, 9.17) is 51.1 Å². The van der Waals surface area contributed by atoms with Gasteiger partial charge in [0.05, 0.1) is 31.6 Å². The number of allylic oxidation sites excluding steroid dienone is 9. The number of rotatable bonds is 8. The zero-order valence-corrected chi connectivity index (χ0v) is 83.6. The molecule has 2 aliphatic heterocycles. The van der Waals surface area contributed by atoms with Gasteiger partial charge in [-0.25, -0.2) is 9.78 Å². The first-order chi connectivity index (χ1) is 68.0. The fraction of sp³-hybridized carbons (Fsp3) is 0.280. The number of carbonyl (C=O) groups is 8. The molecule has 0 radical (unpaired) electrons. The number of halogens is 4. The molecule has 720 valence electrons. The number of aryl methyl sites for hydroxylation is 4. The van der Waals surface area contributed by atoms with E-state index in [-0.39, 0.29) is 97.6 Å². The minimum absolute atomic E-state index is 0.00316. The molecule has 19 nitrogen and oxygen atoms in total. The van der Waals surface area contributed by atoms with Crippen LogP contribution in [0.25, 0.3) is 22.8 Å². The van der Waals surface area contributed by atoms with Crippen molar-refractivity contribution in [2.75, 3.05) is 61.4 Å². The largest absolute Gasteiger partial charge is 0.481 e. The highest BCUT2D eigenvalue weighted by Crippen LogP contribution is 2.42. The summed E-state index contributed by atoms with van der Waals surface area (Å²) in [5.74, 6) is -1.10. The lowest BCUT2D eigenvalue weighted by Crippen LogP contribution is -2.43. The van der Waals surface area contributed by atoms with Crippen molar-refractivity contribution in [3.8, 4) is 5.88 Å². The number of aromatic nitrogens is 4. The average molecular weight is 1960 g/mol. The monoisotopic (exact) mass is 1960 g/mol. The number of anilines is 4. The number of hydrogen-bond donors (Lipinski definition) is 1. The predicted molar refractivity (Wildman–Crippen MR) is 565 cm³/mol. The lowest BCUT2D eigenvalue weighted by molar-refractivity contribution is -0.127. The van der Waals surface area contributed by atoms with Crippen LogP contribution in [-0.2, 0) is 111 Å². The Labute approximate surface area is 844 Å². The third-order valence-electron chi connectivity index (χ3n) is 27.4. The topological polar surface area (TPSA) is 226 Å². The van der Waals surface area contributed by atoms with E-state index in [2.05, 4.69) is 113 Å². The third kappa shape index (κ3) is 25.8. The molecule has 3 atom stereocenters. The maximum Gasteiger partial charge on any atom is 0.324 e. The van der Waals surface area contributed by atoms with Crippen LogP contribution in [-0.4, -0.2) is 113 Å². The molecular weight excluding hydrogens is 1850 g/mol. The number of aromatic amines is 1. The summed E-state index contributed by atoms with van der Waals surface area (Å²) in [4.78, 5) is 136. The van der Waals surface area contributed by atoms with Gasteiger partial charge in [-0.15, -0.1) is 0 Å². The molecule has 1 N–H and O–H groups in total. The Kier molecular flexibility index (Phi) is 32.8. The van der Waals surface area contributed by atoms with Gasteiger partial charge in [-0.3, -0.25) is 47.9 Å². The summed E-state index contributed by atoms with van der Waals surface area (Å²) in [6.45, 7) is 4.65. The number of pyridine rings is 2. The second-order valence-corrected chi connectivity index (χ2v) is 39.5. The first-order valence-electron chi connectivity index (χ1n) is 48.2. The molecule has 5 aliphatic carbocycles. The van der Waals surface area contributed by atoms with E-state index < -0.39 is 17.8 Å². The summed E-state index contributed by atoms with van der Waals surface area (Å²) in [6.07, 6.45) is 20.9. The molecule has 0 fully saturated rings. The molecule has 23 heteroatoms. The highest BCUT2D eigenvalue weighted by Gasteiger charge is 2.35. The minimum atomic E-state index is -0.492. The van der Waals surface area contributed by atoms with E-state index in [0.717, 1.165) is 171 Å². The number of Topliss-reactive ketones (excluding diaryl/α,β-unsaturated/α-hetero) is 4. The smallest absolute Gasteiger partial charge is 0.324 e. The number of carbonyl (C=O) groups excluding carboxylic acids is 8. The molecule has 7 aliphatic rings. The van der Waals surface area contributed by atoms with Crippen LogP contribution in [0.1, 0.15) is 159 Å². The molecule has 0 saturated carbocycles. The van der Waals surface area contributed by atoms with E-state index in [1.54, 1.807) is 119 Å². The Morgan fingerprint density at radius 3 is 1.50 bits per heavy atom. The molecule has 0 unspecified atom stereocenters. The normalized spacial score (nSPS) is 16.9. The van der Waals surface area contributed by atoms with Crippen LogP contribution < -0.4 is 29.9 Å². The summed E-state index contributed by atoms with van der Waals surface area (Å²) < 4.78 is 7.12. The Bertz CT molecular complexity index is 6970. The van der Waals surface area contributed by atoms with Crippen LogP contribution in [0.4, 0.5) is 27.5 Å². The van der Waals surface area contributed by atoms with Gasteiger partial charge in [-0.2, -0.15) is 5.10 Å². The Morgan fingerprint density at radius 1 is 0.404 bits per heavy atom. The number of hydrogen-bond acceptors (Lipinski definition) is 12. The van der Waals surface area contributed by atoms with Crippen molar-refractivity contribution in [1.82, 2.24) is 24.6 Å². The van der Waals surface area contributed by atoms with Crippen LogP contribution in [0.3, 0.4) is 0 Å². The van der Waals surface area contributed by atoms with E-state index in [0.29, 0.717) is 64.6 Å². The summed E-state index contributed by atoms with van der Waals surface area (Å²) in [7, 11) is 8.57. The standard InChI is InChI=1S/C31H29ClN2O3.C31H31ClN2O2.C30H29ClN2O3.C26H26ClN3O2/c1-34(26-12-10-25(32)11-13-26)31(36)24-16-21-7-3-5-20(15-21)6-4-8-22-17-23-9-14-29(37-2)33-30(23)28(22)19-27(35)18-24;1-21-14-22-6-5-8-25-17-24-7-3-4-9-29(24)30(25)18-28(35)20-34(19-23(15-21)16-22)31(36)33(2)27-12-10-26(32)11-13-27;1-33(25-11-9-24(31)10-12-25)30(36)23-15-20-6-2-4-19(14-20)5-3-7-21-16-22-8-13-28(35)32-29(22)27(21)18-26(34)17-23;1-18-13-24-8-4-6-19-5-3-7-20(14-19)15-21(16-25(31)17-30(24)28-18)26(32)29(2)23-11-9-22(27)10-12-23/h3-5,7-15,24H,6,16-19H2,1-2H3;3-4,7,9-16H,5-6,8,17-20H2,1-2H3;2,4,6,8-14,23H,3,5,7,15-18H2,1H3,(H,32,35);3-7,9-14,21H,8,15-17H2,1-2H3/t24-;;23-;21-/m1.11/s1. The third-order valence-corrected chi connectivity index (χ3v) is 28.4. The van der Waals surface area contributed by atoms with Crippen molar-refractivity contribution < 1.29 is 43.1 Å². The van der Waals surface area contributed by atoms with Crippen molar-refractivity contribution in [3.63, 3.8) is 0 Å². The molecule has 9 aromatic carbocycles. The number of fused-ring (bicyclic) bond motifs is 15. The van der Waals surface area contributed by atoms with Crippen LogP contribution in [0.2, 0.25) is 20.1 Å². The molecule has 12 aromatic rings. The molecule has 8 bridgehead atoms. The number of nitrogens with zero attached hydrogens (tertiary/aromatic N) is 8. The van der Waals surface area contributed by atoms with Gasteiger partial charge in [-0.1, -0.05) is 215 Å². The number of urea groups is 1. The summed E-state index contributed by atoms with van der Waals surface area (Å²) in [5.41, 5.74) is 27.8. The number of amides is 5. The van der Waals surface area contributed by atoms with E-state index in [9.17, 15) is 43.2 Å². The van der Waals surface area contributed by atoms with Gasteiger partial charge in [-0.05, 0) is 290 Å². The van der Waals surface area contributed by atoms with Crippen molar-refractivity contribution in [3.05, 3.63) is 403 Å². The van der Waals surface area contributed by atoms with Gasteiger partial charge >= 0.3 is 6.03 Å². The van der Waals surface area contributed by atoms with E-state index in [1.807, 2.05) is 128 Å². The van der Waals surface area contributed by atoms with Crippen LogP contribution in [0.5, 0.6) is 5.88 Å². The van der Waals surface area contributed by atoms with Crippen molar-refractivity contribution in [2.24, 2.45) is 17.8 Å². The van der Waals surface area contributed by atoms with Gasteiger partial charge in [0, 0.05) is 164 Å². The molecule has 19 rings (SSSR count). The van der Waals surface area contributed by atoms with Crippen LogP contribution in [0.15, 0.2) is 282 Å². The second-order valence-electron chi connectivity index (χ2n) is 37.8. The number of methoxy groups -OCH3 is 1. The van der Waals surface area contributed by atoms with Gasteiger partial charge in [0.25, 0.3) is 0 Å². The van der Waals surface area contributed by atoms with Crippen LogP contribution >= 0.6 is 46.4 Å². The quantitative estimate of drug-likeness (QED) is 0.150. The maximum atomic E-state index is 13.7. The highest BCUT2D eigenvalue weighted by molar-refractivity contribution is 6.31. The first-order valence-corrected chi connectivity index (χ1v) is 49.7. The Hall–Kier alpha value is -13.7. The second kappa shape index (κ2) is 46.1. The molecule has 5 heterocycles.